The van der Waals surface area contributed by atoms with Crippen molar-refractivity contribution in [2.24, 2.45) is 23.2 Å². The highest BCUT2D eigenvalue weighted by molar-refractivity contribution is 6.00. The third kappa shape index (κ3) is 3.12. The van der Waals surface area contributed by atoms with Gasteiger partial charge in [0.2, 0.25) is 0 Å². The predicted molar refractivity (Wildman–Crippen MR) is 105 cm³/mol. The Balaban J connectivity index is 1.70. The van der Waals surface area contributed by atoms with E-state index in [0.29, 0.717) is 6.42 Å². The van der Waals surface area contributed by atoms with Gasteiger partial charge in [-0.05, 0) is 35.8 Å². The van der Waals surface area contributed by atoms with Gasteiger partial charge in [0.15, 0.2) is 5.41 Å². The summed E-state index contributed by atoms with van der Waals surface area (Å²) in [4.78, 5) is 38.1. The Hall–Kier alpha value is -2.67. The highest BCUT2D eigenvalue weighted by Gasteiger charge is 2.62. The number of hydrogen-bond donors (Lipinski definition) is 0. The fourth-order valence-electron chi connectivity index (χ4n) is 5.49. The lowest BCUT2D eigenvalue weighted by Gasteiger charge is -2.34. The van der Waals surface area contributed by atoms with Gasteiger partial charge in [-0.2, -0.15) is 0 Å². The van der Waals surface area contributed by atoms with E-state index in [9.17, 15) is 14.4 Å². The number of carbonyl (C=O) groups is 3. The molecule has 0 bridgehead atoms. The smallest absolute Gasteiger partial charge is 0.323 e. The molecule has 1 aromatic carbocycles. The van der Waals surface area contributed by atoms with Crippen LogP contribution in [-0.2, 0) is 33.3 Å². The summed E-state index contributed by atoms with van der Waals surface area (Å²) in [5.41, 5.74) is 0.658. The van der Waals surface area contributed by atoms with Gasteiger partial charge in [-0.25, -0.2) is 0 Å². The van der Waals surface area contributed by atoms with Crippen LogP contribution in [0.15, 0.2) is 42.0 Å². The van der Waals surface area contributed by atoms with Crippen molar-refractivity contribution >= 4 is 17.9 Å². The quantitative estimate of drug-likeness (QED) is 0.324. The van der Waals surface area contributed by atoms with Crippen molar-refractivity contribution in [3.05, 3.63) is 47.5 Å². The van der Waals surface area contributed by atoms with Gasteiger partial charge in [0, 0.05) is 6.42 Å². The lowest BCUT2D eigenvalue weighted by Crippen LogP contribution is -2.42. The Kier molecular flexibility index (Phi) is 5.40. The maximum absolute atomic E-state index is 12.8. The molecule has 2 fully saturated rings. The Bertz CT molecular complexity index is 859. The van der Waals surface area contributed by atoms with Gasteiger partial charge < -0.3 is 18.9 Å². The number of ether oxygens (including phenoxy) is 4. The molecular weight excluding hydrogens is 388 g/mol. The summed E-state index contributed by atoms with van der Waals surface area (Å²) in [6, 6.07) is 9.89. The van der Waals surface area contributed by atoms with Crippen LogP contribution in [0.1, 0.15) is 30.9 Å². The van der Waals surface area contributed by atoms with Crippen molar-refractivity contribution in [3.8, 4) is 0 Å². The fourth-order valence-corrected chi connectivity index (χ4v) is 5.49. The molecule has 0 aromatic heterocycles. The van der Waals surface area contributed by atoms with E-state index in [4.69, 9.17) is 18.9 Å². The van der Waals surface area contributed by atoms with Crippen LogP contribution in [0.5, 0.6) is 0 Å². The van der Waals surface area contributed by atoms with Gasteiger partial charge in [0.05, 0.1) is 39.5 Å². The second kappa shape index (κ2) is 7.87. The molecule has 5 atom stereocenters. The first-order valence-corrected chi connectivity index (χ1v) is 10.1. The minimum absolute atomic E-state index is 0.139. The van der Waals surface area contributed by atoms with Gasteiger partial charge in [-0.1, -0.05) is 36.4 Å². The zero-order valence-corrected chi connectivity index (χ0v) is 17.3. The van der Waals surface area contributed by atoms with Crippen molar-refractivity contribution in [1.82, 2.24) is 0 Å². The highest BCUT2D eigenvalue weighted by atomic mass is 16.5. The predicted octanol–water partition coefficient (Wildman–Crippen LogP) is 2.60. The van der Waals surface area contributed by atoms with E-state index in [1.165, 1.54) is 21.3 Å². The molecule has 0 spiro atoms. The number of benzene rings is 1. The Morgan fingerprint density at radius 1 is 0.967 bits per heavy atom. The maximum Gasteiger partial charge on any atom is 0.323 e. The maximum atomic E-state index is 12.8. The standard InChI is InChI=1S/C23H26O7/c1-27-20(24)18-16-12-23(21(25)28-2,22(26)29-3)11-15(16)9-14-10-17(30-19(14)18)13-7-5-4-6-8-13/h4-9,15-19H,10-12H2,1-3H3/t15-,16-,17-,18+,19-/m1/s1. The number of fused-ring (bicyclic) bond motifs is 2. The largest absolute Gasteiger partial charge is 0.469 e. The second-order valence-corrected chi connectivity index (χ2v) is 8.25. The first-order valence-electron chi connectivity index (χ1n) is 10.1. The van der Waals surface area contributed by atoms with E-state index < -0.39 is 29.4 Å². The van der Waals surface area contributed by atoms with E-state index in [-0.39, 0.29) is 36.8 Å². The summed E-state index contributed by atoms with van der Waals surface area (Å²) < 4.78 is 21.3. The number of rotatable bonds is 4. The summed E-state index contributed by atoms with van der Waals surface area (Å²) in [6.07, 6.45) is 2.59. The molecule has 30 heavy (non-hydrogen) atoms. The molecule has 4 rings (SSSR count). The van der Waals surface area contributed by atoms with E-state index in [0.717, 1.165) is 11.1 Å². The molecule has 1 heterocycles. The Labute approximate surface area is 175 Å². The van der Waals surface area contributed by atoms with Crippen LogP contribution < -0.4 is 0 Å². The first kappa shape index (κ1) is 20.6. The third-order valence-electron chi connectivity index (χ3n) is 6.83. The second-order valence-electron chi connectivity index (χ2n) is 8.25. The number of hydrogen-bond acceptors (Lipinski definition) is 7. The van der Waals surface area contributed by atoms with Gasteiger partial charge in [0.25, 0.3) is 0 Å². The van der Waals surface area contributed by atoms with Crippen molar-refractivity contribution < 1.29 is 33.3 Å². The highest BCUT2D eigenvalue weighted by Crippen LogP contribution is 2.57. The average Bonchev–Trinajstić information content (AvgIpc) is 3.38. The fraction of sp³-hybridized carbons (Fsp3) is 0.522. The summed E-state index contributed by atoms with van der Waals surface area (Å²) >= 11 is 0. The van der Waals surface area contributed by atoms with Crippen LogP contribution in [0.4, 0.5) is 0 Å². The molecule has 1 saturated heterocycles. The van der Waals surface area contributed by atoms with Gasteiger partial charge in [0.1, 0.15) is 0 Å². The average molecular weight is 414 g/mol. The molecule has 7 nitrogen and oxygen atoms in total. The number of methoxy groups -OCH3 is 3. The zero-order chi connectivity index (χ0) is 21.5. The number of esters is 3. The van der Waals surface area contributed by atoms with Crippen LogP contribution in [0.3, 0.4) is 0 Å². The van der Waals surface area contributed by atoms with Crippen molar-refractivity contribution in [3.63, 3.8) is 0 Å². The van der Waals surface area contributed by atoms with Crippen LogP contribution in [0.25, 0.3) is 0 Å². The summed E-state index contributed by atoms with van der Waals surface area (Å²) in [6.45, 7) is 0. The van der Waals surface area contributed by atoms with E-state index in [1.54, 1.807) is 0 Å². The number of carbonyl (C=O) groups excluding carboxylic acids is 3. The van der Waals surface area contributed by atoms with Crippen molar-refractivity contribution in [2.45, 2.75) is 31.5 Å². The van der Waals surface area contributed by atoms with Crippen molar-refractivity contribution in [2.75, 3.05) is 21.3 Å². The minimum Gasteiger partial charge on any atom is -0.469 e. The summed E-state index contributed by atoms with van der Waals surface area (Å²) in [7, 11) is 3.86. The van der Waals surface area contributed by atoms with Crippen LogP contribution in [0, 0.1) is 23.2 Å². The number of allylic oxidation sites excluding steroid dienone is 1. The van der Waals surface area contributed by atoms with Crippen molar-refractivity contribution in [1.29, 1.82) is 0 Å². The third-order valence-corrected chi connectivity index (χ3v) is 6.83. The first-order chi connectivity index (χ1) is 14.4. The lowest BCUT2D eigenvalue weighted by molar-refractivity contribution is -0.170. The normalized spacial score (nSPS) is 31.2. The van der Waals surface area contributed by atoms with E-state index in [1.807, 2.05) is 30.3 Å². The molecule has 2 aliphatic carbocycles. The molecule has 0 radical (unpaired) electrons. The molecule has 0 amide bonds. The molecular formula is C23H26O7. The van der Waals surface area contributed by atoms with Gasteiger partial charge >= 0.3 is 17.9 Å². The summed E-state index contributed by atoms with van der Waals surface area (Å²) in [5, 5.41) is 0. The summed E-state index contributed by atoms with van der Waals surface area (Å²) in [5.74, 6) is -2.65. The molecule has 1 saturated carbocycles. The topological polar surface area (TPSA) is 88.1 Å². The zero-order valence-electron chi connectivity index (χ0n) is 17.3. The molecule has 1 aromatic rings. The van der Waals surface area contributed by atoms with Crippen LogP contribution >= 0.6 is 0 Å². The van der Waals surface area contributed by atoms with Crippen LogP contribution in [-0.4, -0.2) is 45.3 Å². The van der Waals surface area contributed by atoms with Gasteiger partial charge in [-0.3, -0.25) is 14.4 Å². The molecule has 1 aliphatic heterocycles. The molecule has 0 N–H and O–H groups in total. The SMILES string of the molecule is COC(=O)[C@H]1[C@@H]2CC(C(=O)OC)(C(=O)OC)C[C@H]2C=C2C[C@H](c3ccccc3)O[C@H]21. The van der Waals surface area contributed by atoms with Crippen LogP contribution in [0.2, 0.25) is 0 Å². The van der Waals surface area contributed by atoms with E-state index >= 15 is 0 Å². The molecule has 0 unspecified atom stereocenters. The van der Waals surface area contributed by atoms with E-state index in [2.05, 4.69) is 6.08 Å². The monoisotopic (exact) mass is 414 g/mol. The molecule has 7 heteroatoms. The Morgan fingerprint density at radius 2 is 1.63 bits per heavy atom. The molecule has 160 valence electrons. The lowest BCUT2D eigenvalue weighted by atomic mass is 9.72. The van der Waals surface area contributed by atoms with Gasteiger partial charge in [-0.15, -0.1) is 0 Å². The molecule has 3 aliphatic rings. The minimum atomic E-state index is -1.42. The Morgan fingerprint density at radius 3 is 2.23 bits per heavy atom.